The number of hydrogen-bond donors (Lipinski definition) is 0. The van der Waals surface area contributed by atoms with Crippen LogP contribution < -0.4 is 4.74 Å². The molecule has 16 heavy (non-hydrogen) atoms. The molecule has 0 saturated heterocycles. The van der Waals surface area contributed by atoms with E-state index in [1.807, 2.05) is 24.3 Å². The standard InChI is InChI=1S/C13H18Br2O/c1-3-13(4-2,9-14)10-16-12-7-5-11(15)6-8-12/h5-8H,3-4,9-10H2,1-2H3. The van der Waals surface area contributed by atoms with E-state index in [1.54, 1.807) is 0 Å². The fraction of sp³-hybridized carbons (Fsp3) is 0.538. The third-order valence-corrected chi connectivity index (χ3v) is 4.86. The maximum atomic E-state index is 5.85. The van der Waals surface area contributed by atoms with E-state index >= 15 is 0 Å². The molecule has 0 bridgehead atoms. The molecule has 0 N–H and O–H groups in total. The Labute approximate surface area is 115 Å². The van der Waals surface area contributed by atoms with Gasteiger partial charge in [0.2, 0.25) is 0 Å². The lowest BCUT2D eigenvalue weighted by Gasteiger charge is -2.29. The highest BCUT2D eigenvalue weighted by Crippen LogP contribution is 2.30. The number of halogens is 2. The minimum atomic E-state index is 0.257. The van der Waals surface area contributed by atoms with Crippen molar-refractivity contribution < 1.29 is 4.74 Å². The fourth-order valence-electron chi connectivity index (χ4n) is 1.45. The van der Waals surface area contributed by atoms with E-state index in [0.717, 1.165) is 35.0 Å². The van der Waals surface area contributed by atoms with Crippen LogP contribution in [0.5, 0.6) is 5.75 Å². The van der Waals surface area contributed by atoms with Crippen LogP contribution in [0.15, 0.2) is 28.7 Å². The smallest absolute Gasteiger partial charge is 0.119 e. The topological polar surface area (TPSA) is 9.23 Å². The van der Waals surface area contributed by atoms with Crippen molar-refractivity contribution in [2.75, 3.05) is 11.9 Å². The van der Waals surface area contributed by atoms with Crippen LogP contribution >= 0.6 is 31.9 Å². The molecule has 3 heteroatoms. The Morgan fingerprint density at radius 3 is 2.12 bits per heavy atom. The number of hydrogen-bond acceptors (Lipinski definition) is 1. The van der Waals surface area contributed by atoms with Crippen LogP contribution in [0, 0.1) is 5.41 Å². The average molecular weight is 350 g/mol. The normalized spacial score (nSPS) is 11.5. The van der Waals surface area contributed by atoms with Gasteiger partial charge >= 0.3 is 0 Å². The summed E-state index contributed by atoms with van der Waals surface area (Å²) in [6.07, 6.45) is 2.26. The van der Waals surface area contributed by atoms with Crippen LogP contribution in [0.2, 0.25) is 0 Å². The predicted molar refractivity (Wildman–Crippen MR) is 76.4 cm³/mol. The molecule has 1 aromatic carbocycles. The van der Waals surface area contributed by atoms with Crippen molar-refractivity contribution in [3.05, 3.63) is 28.7 Å². The Kier molecular flexibility index (Phi) is 5.84. The van der Waals surface area contributed by atoms with Crippen LogP contribution in [0.3, 0.4) is 0 Å². The molecule has 0 fully saturated rings. The molecule has 0 unspecified atom stereocenters. The van der Waals surface area contributed by atoms with Crippen LogP contribution in [-0.4, -0.2) is 11.9 Å². The van der Waals surface area contributed by atoms with Crippen molar-refractivity contribution in [1.29, 1.82) is 0 Å². The Balaban J connectivity index is 2.58. The van der Waals surface area contributed by atoms with Crippen molar-refractivity contribution in [1.82, 2.24) is 0 Å². The zero-order chi connectivity index (χ0) is 12.0. The lowest BCUT2D eigenvalue weighted by atomic mass is 9.86. The van der Waals surface area contributed by atoms with Gasteiger partial charge in [0.15, 0.2) is 0 Å². The molecular formula is C13H18Br2O. The molecule has 0 spiro atoms. The van der Waals surface area contributed by atoms with E-state index < -0.39 is 0 Å². The van der Waals surface area contributed by atoms with Gasteiger partial charge in [0.1, 0.15) is 5.75 Å². The molecule has 0 aliphatic heterocycles. The van der Waals surface area contributed by atoms with Gasteiger partial charge in [-0.15, -0.1) is 0 Å². The lowest BCUT2D eigenvalue weighted by molar-refractivity contribution is 0.158. The van der Waals surface area contributed by atoms with Gasteiger partial charge in [0.05, 0.1) is 6.61 Å². The van der Waals surface area contributed by atoms with E-state index in [9.17, 15) is 0 Å². The van der Waals surface area contributed by atoms with Gasteiger partial charge < -0.3 is 4.74 Å². The molecule has 1 rings (SSSR count). The molecule has 0 aliphatic carbocycles. The molecule has 90 valence electrons. The molecule has 1 aromatic rings. The van der Waals surface area contributed by atoms with Gasteiger partial charge in [-0.1, -0.05) is 45.7 Å². The minimum Gasteiger partial charge on any atom is -0.493 e. The first kappa shape index (κ1) is 14.0. The monoisotopic (exact) mass is 348 g/mol. The van der Waals surface area contributed by atoms with Crippen LogP contribution in [0.4, 0.5) is 0 Å². The summed E-state index contributed by atoms with van der Waals surface area (Å²) < 4.78 is 6.93. The average Bonchev–Trinajstić information content (AvgIpc) is 2.34. The van der Waals surface area contributed by atoms with E-state index in [-0.39, 0.29) is 5.41 Å². The maximum absolute atomic E-state index is 5.85. The second kappa shape index (κ2) is 6.65. The van der Waals surface area contributed by atoms with E-state index in [0.29, 0.717) is 0 Å². The quantitative estimate of drug-likeness (QED) is 0.654. The zero-order valence-electron chi connectivity index (χ0n) is 9.80. The predicted octanol–water partition coefficient (Wildman–Crippen LogP) is 5.03. The van der Waals surface area contributed by atoms with Gasteiger partial charge in [0, 0.05) is 15.2 Å². The Morgan fingerprint density at radius 1 is 1.12 bits per heavy atom. The highest BCUT2D eigenvalue weighted by atomic mass is 79.9. The maximum Gasteiger partial charge on any atom is 0.119 e. The molecule has 0 atom stereocenters. The molecule has 0 amide bonds. The largest absolute Gasteiger partial charge is 0.493 e. The lowest BCUT2D eigenvalue weighted by Crippen LogP contribution is -2.28. The summed E-state index contributed by atoms with van der Waals surface area (Å²) in [6, 6.07) is 7.99. The van der Waals surface area contributed by atoms with Gasteiger partial charge in [-0.25, -0.2) is 0 Å². The Bertz CT molecular complexity index is 296. The van der Waals surface area contributed by atoms with Crippen molar-refractivity contribution in [2.24, 2.45) is 5.41 Å². The van der Waals surface area contributed by atoms with Crippen molar-refractivity contribution in [2.45, 2.75) is 26.7 Å². The van der Waals surface area contributed by atoms with Gasteiger partial charge in [-0.05, 0) is 37.1 Å². The molecule has 0 radical (unpaired) electrons. The fourth-order valence-corrected chi connectivity index (χ4v) is 2.67. The summed E-state index contributed by atoms with van der Waals surface area (Å²) >= 11 is 7.01. The highest BCUT2D eigenvalue weighted by Gasteiger charge is 2.25. The van der Waals surface area contributed by atoms with Gasteiger partial charge in [-0.3, -0.25) is 0 Å². The van der Waals surface area contributed by atoms with Gasteiger partial charge in [-0.2, -0.15) is 0 Å². The second-order valence-corrected chi connectivity index (χ2v) is 5.56. The van der Waals surface area contributed by atoms with Crippen molar-refractivity contribution in [3.63, 3.8) is 0 Å². The molecule has 0 aliphatic rings. The second-order valence-electron chi connectivity index (χ2n) is 4.08. The van der Waals surface area contributed by atoms with E-state index in [2.05, 4.69) is 45.7 Å². The number of benzene rings is 1. The summed E-state index contributed by atoms with van der Waals surface area (Å²) in [5.41, 5.74) is 0.257. The Morgan fingerprint density at radius 2 is 1.69 bits per heavy atom. The summed E-state index contributed by atoms with van der Waals surface area (Å²) in [6.45, 7) is 5.21. The molecule has 0 saturated carbocycles. The van der Waals surface area contributed by atoms with Crippen LogP contribution in [-0.2, 0) is 0 Å². The number of ether oxygens (including phenoxy) is 1. The summed E-state index contributed by atoms with van der Waals surface area (Å²) in [5.74, 6) is 0.940. The van der Waals surface area contributed by atoms with Gasteiger partial charge in [0.25, 0.3) is 0 Å². The molecule has 0 heterocycles. The summed E-state index contributed by atoms with van der Waals surface area (Å²) in [4.78, 5) is 0. The molecular weight excluding hydrogens is 332 g/mol. The van der Waals surface area contributed by atoms with E-state index in [1.165, 1.54) is 0 Å². The first-order chi connectivity index (χ1) is 7.65. The highest BCUT2D eigenvalue weighted by molar-refractivity contribution is 9.10. The third-order valence-electron chi connectivity index (χ3n) is 3.14. The zero-order valence-corrected chi connectivity index (χ0v) is 13.0. The first-order valence-electron chi connectivity index (χ1n) is 5.60. The van der Waals surface area contributed by atoms with Crippen molar-refractivity contribution >= 4 is 31.9 Å². The summed E-state index contributed by atoms with van der Waals surface area (Å²) in [7, 11) is 0. The van der Waals surface area contributed by atoms with Crippen molar-refractivity contribution in [3.8, 4) is 5.75 Å². The first-order valence-corrected chi connectivity index (χ1v) is 7.51. The summed E-state index contributed by atoms with van der Waals surface area (Å²) in [5, 5.41) is 0.990. The number of rotatable bonds is 6. The van der Waals surface area contributed by atoms with Crippen LogP contribution in [0.25, 0.3) is 0 Å². The minimum absolute atomic E-state index is 0.257. The SMILES string of the molecule is CCC(CC)(CBr)COc1ccc(Br)cc1. The molecule has 0 aromatic heterocycles. The molecule has 1 nitrogen and oxygen atoms in total. The van der Waals surface area contributed by atoms with Crippen LogP contribution in [0.1, 0.15) is 26.7 Å². The Hall–Kier alpha value is -0.0200. The van der Waals surface area contributed by atoms with E-state index in [4.69, 9.17) is 4.74 Å². The number of alkyl halides is 1. The third kappa shape index (κ3) is 3.77.